The van der Waals surface area contributed by atoms with Gasteiger partial charge < -0.3 is 9.30 Å². The smallest absolute Gasteiger partial charge is 0.191 e. The zero-order chi connectivity index (χ0) is 21.6. The number of aryl methyl sites for hydroxylation is 1. The second-order valence-corrected chi connectivity index (χ2v) is 8.80. The highest BCUT2D eigenvalue weighted by molar-refractivity contribution is 9.10. The highest BCUT2D eigenvalue weighted by Crippen LogP contribution is 2.29. The highest BCUT2D eigenvalue weighted by Gasteiger charge is 2.16. The highest BCUT2D eigenvalue weighted by atomic mass is 79.9. The summed E-state index contributed by atoms with van der Waals surface area (Å²) in [5.41, 5.74) is 2.84. The molecule has 0 aliphatic rings. The Labute approximate surface area is 193 Å². The first-order chi connectivity index (χ1) is 15.1. The van der Waals surface area contributed by atoms with E-state index in [1.807, 2.05) is 48.5 Å². The largest absolute Gasteiger partial charge is 0.497 e. The summed E-state index contributed by atoms with van der Waals surface area (Å²) in [7, 11) is 1.65. The number of hydrogen-bond donors (Lipinski definition) is 0. The molecule has 1 heterocycles. The van der Waals surface area contributed by atoms with Crippen LogP contribution in [-0.4, -0.2) is 21.9 Å². The molecule has 0 aliphatic carbocycles. The van der Waals surface area contributed by atoms with Gasteiger partial charge in [-0.1, -0.05) is 64.1 Å². The molecule has 4 rings (SSSR count). The number of methoxy groups -OCH3 is 1. The molecular formula is C24H21BrFN3OS. The van der Waals surface area contributed by atoms with E-state index in [9.17, 15) is 4.39 Å². The van der Waals surface area contributed by atoms with Crippen LogP contribution in [0, 0.1) is 5.82 Å². The molecule has 4 nitrogen and oxygen atoms in total. The van der Waals surface area contributed by atoms with E-state index in [1.54, 1.807) is 13.2 Å². The predicted octanol–water partition coefficient (Wildman–Crippen LogP) is 6.39. The maximum Gasteiger partial charge on any atom is 0.191 e. The third-order valence-corrected chi connectivity index (χ3v) is 6.41. The Hall–Kier alpha value is -2.64. The van der Waals surface area contributed by atoms with Crippen molar-refractivity contribution in [1.82, 2.24) is 14.8 Å². The number of benzene rings is 3. The fourth-order valence-corrected chi connectivity index (χ4v) is 4.50. The molecule has 4 aromatic rings. The van der Waals surface area contributed by atoms with Gasteiger partial charge in [0.1, 0.15) is 11.6 Å². The summed E-state index contributed by atoms with van der Waals surface area (Å²) in [6.07, 6.45) is 0.849. The second-order valence-electron chi connectivity index (χ2n) is 6.95. The summed E-state index contributed by atoms with van der Waals surface area (Å²) in [6, 6.07) is 23.2. The minimum Gasteiger partial charge on any atom is -0.497 e. The molecule has 0 amide bonds. The average Bonchev–Trinajstić information content (AvgIpc) is 3.20. The Kier molecular flexibility index (Phi) is 7.04. The third kappa shape index (κ3) is 5.35. The lowest BCUT2D eigenvalue weighted by molar-refractivity contribution is 0.415. The third-order valence-electron chi connectivity index (χ3n) is 4.90. The van der Waals surface area contributed by atoms with Gasteiger partial charge in [0, 0.05) is 22.3 Å². The molecule has 158 valence electrons. The molecule has 0 atom stereocenters. The van der Waals surface area contributed by atoms with E-state index in [0.717, 1.165) is 39.7 Å². The van der Waals surface area contributed by atoms with Crippen LogP contribution in [0.5, 0.6) is 5.75 Å². The van der Waals surface area contributed by atoms with E-state index in [-0.39, 0.29) is 5.82 Å². The fourth-order valence-electron chi connectivity index (χ4n) is 3.22. The zero-order valence-corrected chi connectivity index (χ0v) is 19.4. The monoisotopic (exact) mass is 497 g/mol. The van der Waals surface area contributed by atoms with Gasteiger partial charge in [-0.15, -0.1) is 10.2 Å². The van der Waals surface area contributed by atoms with Crippen LogP contribution in [-0.2, 0) is 18.7 Å². The molecule has 0 spiro atoms. The van der Waals surface area contributed by atoms with Crippen molar-refractivity contribution in [2.45, 2.75) is 23.9 Å². The van der Waals surface area contributed by atoms with Crippen LogP contribution in [0.2, 0.25) is 0 Å². The van der Waals surface area contributed by atoms with Gasteiger partial charge in [-0.3, -0.25) is 0 Å². The molecule has 0 saturated heterocycles. The molecule has 0 aliphatic heterocycles. The van der Waals surface area contributed by atoms with Crippen molar-refractivity contribution in [1.29, 1.82) is 0 Å². The lowest BCUT2D eigenvalue weighted by atomic mass is 10.1. The molecule has 0 bridgehead atoms. The Morgan fingerprint density at radius 1 is 1.00 bits per heavy atom. The van der Waals surface area contributed by atoms with Crippen LogP contribution in [0.25, 0.3) is 11.4 Å². The number of hydrogen-bond acceptors (Lipinski definition) is 4. The van der Waals surface area contributed by atoms with E-state index in [0.29, 0.717) is 11.3 Å². The Morgan fingerprint density at radius 3 is 2.48 bits per heavy atom. The van der Waals surface area contributed by atoms with Crippen LogP contribution >= 0.6 is 27.7 Å². The van der Waals surface area contributed by atoms with E-state index in [1.165, 1.54) is 23.4 Å². The quantitative estimate of drug-likeness (QED) is 0.264. The summed E-state index contributed by atoms with van der Waals surface area (Å²) < 4.78 is 22.4. The molecule has 31 heavy (non-hydrogen) atoms. The average molecular weight is 498 g/mol. The van der Waals surface area contributed by atoms with Crippen LogP contribution in [0.15, 0.2) is 82.4 Å². The normalized spacial score (nSPS) is 10.9. The van der Waals surface area contributed by atoms with Crippen molar-refractivity contribution in [2.24, 2.45) is 0 Å². The topological polar surface area (TPSA) is 39.9 Å². The second kappa shape index (κ2) is 10.1. The lowest BCUT2D eigenvalue weighted by Crippen LogP contribution is -2.05. The zero-order valence-electron chi connectivity index (χ0n) is 17.0. The Bertz CT molecular complexity index is 1150. The van der Waals surface area contributed by atoms with Gasteiger partial charge >= 0.3 is 0 Å². The molecule has 7 heteroatoms. The minimum atomic E-state index is -0.229. The summed E-state index contributed by atoms with van der Waals surface area (Å²) in [5, 5.41) is 9.64. The van der Waals surface area contributed by atoms with Crippen LogP contribution < -0.4 is 4.74 Å². The van der Waals surface area contributed by atoms with Crippen molar-refractivity contribution < 1.29 is 9.13 Å². The van der Waals surface area contributed by atoms with Crippen LogP contribution in [0.1, 0.15) is 11.1 Å². The standard InChI is InChI=1S/C24H21BrFN3OS/c1-30-21-11-8-18(9-12-21)23-27-28-24(29(23)14-13-17-5-3-2-4-6-17)31-16-19-7-10-20(25)15-22(19)26/h2-12,15H,13-14,16H2,1H3. The Morgan fingerprint density at radius 2 is 1.77 bits per heavy atom. The molecule has 1 aromatic heterocycles. The predicted molar refractivity (Wildman–Crippen MR) is 126 cm³/mol. The number of nitrogens with zero attached hydrogens (tertiary/aromatic N) is 3. The van der Waals surface area contributed by atoms with Gasteiger partial charge in [-0.05, 0) is 53.9 Å². The SMILES string of the molecule is COc1ccc(-c2nnc(SCc3ccc(Br)cc3F)n2CCc2ccccc2)cc1. The van der Waals surface area contributed by atoms with Crippen molar-refractivity contribution in [3.05, 3.63) is 94.2 Å². The van der Waals surface area contributed by atoms with Crippen molar-refractivity contribution >= 4 is 27.7 Å². The van der Waals surface area contributed by atoms with Crippen LogP contribution in [0.4, 0.5) is 4.39 Å². The molecular weight excluding hydrogens is 477 g/mol. The summed E-state index contributed by atoms with van der Waals surface area (Å²) in [6.45, 7) is 0.726. The summed E-state index contributed by atoms with van der Waals surface area (Å²) >= 11 is 4.79. The Balaban J connectivity index is 1.60. The maximum absolute atomic E-state index is 14.3. The van der Waals surface area contributed by atoms with Gasteiger partial charge in [0.05, 0.1) is 7.11 Å². The first kappa shape index (κ1) is 21.6. The van der Waals surface area contributed by atoms with Crippen LogP contribution in [0.3, 0.4) is 0 Å². The number of halogens is 2. The van der Waals surface area contributed by atoms with Gasteiger partial charge in [0.15, 0.2) is 11.0 Å². The summed E-state index contributed by atoms with van der Waals surface area (Å²) in [4.78, 5) is 0. The molecule has 0 unspecified atom stereocenters. The molecule has 0 radical (unpaired) electrons. The van der Waals surface area contributed by atoms with Crippen molar-refractivity contribution in [3.8, 4) is 17.1 Å². The van der Waals surface area contributed by atoms with Crippen molar-refractivity contribution in [2.75, 3.05) is 7.11 Å². The van der Waals surface area contributed by atoms with Gasteiger partial charge in [-0.25, -0.2) is 4.39 Å². The lowest BCUT2D eigenvalue weighted by Gasteiger charge is -2.11. The van der Waals surface area contributed by atoms with E-state index in [2.05, 4.69) is 42.8 Å². The number of aromatic nitrogens is 3. The molecule has 0 saturated carbocycles. The fraction of sp³-hybridized carbons (Fsp3) is 0.167. The molecule has 0 N–H and O–H groups in total. The first-order valence-electron chi connectivity index (χ1n) is 9.82. The van der Waals surface area contributed by atoms with E-state index < -0.39 is 0 Å². The number of rotatable bonds is 8. The van der Waals surface area contributed by atoms with Gasteiger partial charge in [-0.2, -0.15) is 0 Å². The van der Waals surface area contributed by atoms with E-state index >= 15 is 0 Å². The maximum atomic E-state index is 14.3. The molecule has 3 aromatic carbocycles. The van der Waals surface area contributed by atoms with E-state index in [4.69, 9.17) is 4.74 Å². The van der Waals surface area contributed by atoms with Gasteiger partial charge in [0.2, 0.25) is 0 Å². The van der Waals surface area contributed by atoms with Gasteiger partial charge in [0.25, 0.3) is 0 Å². The number of ether oxygens (including phenoxy) is 1. The number of thioether (sulfide) groups is 1. The van der Waals surface area contributed by atoms with Crippen molar-refractivity contribution in [3.63, 3.8) is 0 Å². The first-order valence-corrected chi connectivity index (χ1v) is 11.6. The summed E-state index contributed by atoms with van der Waals surface area (Å²) in [5.74, 6) is 1.83. The molecule has 0 fully saturated rings. The minimum absolute atomic E-state index is 0.229.